The average molecular weight is 279 g/mol. The summed E-state index contributed by atoms with van der Waals surface area (Å²) >= 11 is 0. The Labute approximate surface area is 120 Å². The molecule has 5 nitrogen and oxygen atoms in total. The molecule has 0 saturated heterocycles. The molecule has 1 fully saturated rings. The van der Waals surface area contributed by atoms with Crippen molar-refractivity contribution in [1.29, 1.82) is 0 Å². The molecule has 2 unspecified atom stereocenters. The van der Waals surface area contributed by atoms with Crippen LogP contribution >= 0.6 is 0 Å². The fourth-order valence-electron chi connectivity index (χ4n) is 3.33. The normalized spacial score (nSPS) is 26.9. The molecule has 0 aliphatic heterocycles. The maximum atomic E-state index is 11.7. The minimum absolute atomic E-state index is 0.221. The van der Waals surface area contributed by atoms with Crippen molar-refractivity contribution >= 4 is 5.97 Å². The maximum absolute atomic E-state index is 11.7. The van der Waals surface area contributed by atoms with Crippen molar-refractivity contribution in [2.24, 2.45) is 0 Å². The Balaban J connectivity index is 2.25. The minimum Gasteiger partial charge on any atom is -0.480 e. The molecule has 1 saturated carbocycles. The smallest absolute Gasteiger partial charge is 0.323 e. The van der Waals surface area contributed by atoms with Crippen molar-refractivity contribution in [2.45, 2.75) is 64.0 Å². The minimum atomic E-state index is -0.782. The van der Waals surface area contributed by atoms with Crippen molar-refractivity contribution in [3.63, 3.8) is 0 Å². The molecule has 112 valence electrons. The number of nitrogens with zero attached hydrogens (tertiary/aromatic N) is 2. The van der Waals surface area contributed by atoms with Gasteiger partial charge in [-0.05, 0) is 32.2 Å². The highest BCUT2D eigenvalue weighted by Crippen LogP contribution is 2.37. The first-order valence-electron chi connectivity index (χ1n) is 7.51. The number of nitrogens with one attached hydrogen (secondary N) is 1. The molecule has 0 aromatic carbocycles. The van der Waals surface area contributed by atoms with Gasteiger partial charge in [0.25, 0.3) is 0 Å². The van der Waals surface area contributed by atoms with Gasteiger partial charge in [0.15, 0.2) is 0 Å². The first kappa shape index (κ1) is 15.0. The van der Waals surface area contributed by atoms with Gasteiger partial charge in [0, 0.05) is 24.4 Å². The molecule has 0 amide bonds. The van der Waals surface area contributed by atoms with Crippen LogP contribution in [-0.4, -0.2) is 32.7 Å². The molecule has 2 atom stereocenters. The second kappa shape index (κ2) is 5.95. The lowest BCUT2D eigenvalue weighted by Gasteiger charge is -2.39. The van der Waals surface area contributed by atoms with Gasteiger partial charge in [-0.25, -0.2) is 4.98 Å². The van der Waals surface area contributed by atoms with Crippen LogP contribution in [0, 0.1) is 0 Å². The van der Waals surface area contributed by atoms with E-state index in [1.165, 1.54) is 0 Å². The maximum Gasteiger partial charge on any atom is 0.323 e. The van der Waals surface area contributed by atoms with Gasteiger partial charge in [0.05, 0.1) is 0 Å². The summed E-state index contributed by atoms with van der Waals surface area (Å²) in [7, 11) is 0. The van der Waals surface area contributed by atoms with E-state index in [2.05, 4.69) is 28.7 Å². The lowest BCUT2D eigenvalue weighted by Crippen LogP contribution is -2.55. The number of carbonyl (C=O) groups is 1. The van der Waals surface area contributed by atoms with E-state index in [1.54, 1.807) is 0 Å². The summed E-state index contributed by atoms with van der Waals surface area (Å²) in [5, 5.41) is 12.8. The van der Waals surface area contributed by atoms with Gasteiger partial charge < -0.3 is 15.0 Å². The zero-order valence-electron chi connectivity index (χ0n) is 12.6. The Hall–Kier alpha value is -1.36. The second-order valence-corrected chi connectivity index (χ2v) is 6.02. The van der Waals surface area contributed by atoms with Crippen LogP contribution in [0.25, 0.3) is 0 Å². The molecular formula is C15H25N3O2. The number of aromatic nitrogens is 2. The number of carboxylic acids is 1. The van der Waals surface area contributed by atoms with Crippen molar-refractivity contribution in [1.82, 2.24) is 14.9 Å². The molecule has 1 heterocycles. The van der Waals surface area contributed by atoms with Crippen LogP contribution in [0.1, 0.15) is 64.2 Å². The van der Waals surface area contributed by atoms with Crippen LogP contribution in [0.4, 0.5) is 0 Å². The Morgan fingerprint density at radius 1 is 1.65 bits per heavy atom. The molecule has 1 aromatic rings. The molecule has 0 radical (unpaired) electrons. The van der Waals surface area contributed by atoms with Crippen LogP contribution in [0.5, 0.6) is 0 Å². The first-order valence-corrected chi connectivity index (χ1v) is 7.51. The van der Waals surface area contributed by atoms with E-state index in [0.29, 0.717) is 25.3 Å². The highest BCUT2D eigenvalue weighted by molar-refractivity contribution is 5.79. The Kier molecular flexibility index (Phi) is 4.48. The van der Waals surface area contributed by atoms with Crippen molar-refractivity contribution in [2.75, 3.05) is 6.54 Å². The average Bonchev–Trinajstić information content (AvgIpc) is 2.88. The lowest BCUT2D eigenvalue weighted by molar-refractivity contribution is -0.147. The van der Waals surface area contributed by atoms with Crippen LogP contribution in [0.2, 0.25) is 0 Å². The highest BCUT2D eigenvalue weighted by atomic mass is 16.4. The standard InChI is InChI=1S/C15H25N3O2/c1-4-17-15(14(19)20)7-5-6-12(10-15)18-9-8-16-13(18)11(2)3/h8-9,11-12,17H,4-7,10H2,1-3H3,(H,19,20). The van der Waals surface area contributed by atoms with E-state index in [0.717, 1.165) is 18.7 Å². The summed E-state index contributed by atoms with van der Waals surface area (Å²) in [6.45, 7) is 6.89. The second-order valence-electron chi connectivity index (χ2n) is 6.02. The summed E-state index contributed by atoms with van der Waals surface area (Å²) in [6.07, 6.45) is 7.10. The Morgan fingerprint density at radius 3 is 3.00 bits per heavy atom. The van der Waals surface area contributed by atoms with E-state index >= 15 is 0 Å². The van der Waals surface area contributed by atoms with Crippen molar-refractivity contribution in [3.8, 4) is 0 Å². The predicted molar refractivity (Wildman–Crippen MR) is 77.9 cm³/mol. The summed E-state index contributed by atoms with van der Waals surface area (Å²) < 4.78 is 2.18. The predicted octanol–water partition coefficient (Wildman–Crippen LogP) is 2.55. The third-order valence-corrected chi connectivity index (χ3v) is 4.26. The summed E-state index contributed by atoms with van der Waals surface area (Å²) in [4.78, 5) is 16.1. The molecule has 0 spiro atoms. The third kappa shape index (κ3) is 2.73. The van der Waals surface area contributed by atoms with E-state index in [1.807, 2.05) is 19.3 Å². The number of carboxylic acid groups (broad SMARTS) is 1. The summed E-state index contributed by atoms with van der Waals surface area (Å²) in [6, 6.07) is 0.221. The number of imidazole rings is 1. The van der Waals surface area contributed by atoms with E-state index < -0.39 is 11.5 Å². The van der Waals surface area contributed by atoms with Crippen LogP contribution in [0.3, 0.4) is 0 Å². The lowest BCUT2D eigenvalue weighted by atomic mass is 9.78. The van der Waals surface area contributed by atoms with E-state index in [4.69, 9.17) is 0 Å². The fraction of sp³-hybridized carbons (Fsp3) is 0.733. The molecule has 1 aromatic heterocycles. The number of aliphatic carboxylic acids is 1. The number of likely N-dealkylation sites (N-methyl/N-ethyl adjacent to an activating group) is 1. The molecule has 1 aliphatic carbocycles. The first-order chi connectivity index (χ1) is 9.50. The van der Waals surface area contributed by atoms with Gasteiger partial charge >= 0.3 is 5.97 Å². The zero-order valence-corrected chi connectivity index (χ0v) is 12.6. The Bertz CT molecular complexity index is 465. The SMILES string of the molecule is CCNC1(C(=O)O)CCCC(n2ccnc2C(C)C)C1. The van der Waals surface area contributed by atoms with Crippen LogP contribution < -0.4 is 5.32 Å². The molecule has 20 heavy (non-hydrogen) atoms. The number of rotatable bonds is 5. The van der Waals surface area contributed by atoms with Gasteiger partial charge in [-0.1, -0.05) is 20.8 Å². The molecule has 0 bridgehead atoms. The Morgan fingerprint density at radius 2 is 2.40 bits per heavy atom. The summed E-state index contributed by atoms with van der Waals surface area (Å²) in [5.74, 6) is 0.674. The van der Waals surface area contributed by atoms with Crippen molar-refractivity contribution < 1.29 is 9.90 Å². The fourth-order valence-corrected chi connectivity index (χ4v) is 3.33. The molecule has 2 rings (SSSR count). The number of hydrogen-bond acceptors (Lipinski definition) is 3. The van der Waals surface area contributed by atoms with Gasteiger partial charge in [-0.3, -0.25) is 4.79 Å². The van der Waals surface area contributed by atoms with Gasteiger partial charge in [-0.2, -0.15) is 0 Å². The van der Waals surface area contributed by atoms with Gasteiger partial charge in [0.1, 0.15) is 11.4 Å². The summed E-state index contributed by atoms with van der Waals surface area (Å²) in [5.41, 5.74) is -0.782. The number of hydrogen-bond donors (Lipinski definition) is 2. The van der Waals surface area contributed by atoms with Gasteiger partial charge in [-0.15, -0.1) is 0 Å². The van der Waals surface area contributed by atoms with E-state index in [-0.39, 0.29) is 6.04 Å². The van der Waals surface area contributed by atoms with Crippen LogP contribution in [-0.2, 0) is 4.79 Å². The largest absolute Gasteiger partial charge is 0.480 e. The molecular weight excluding hydrogens is 254 g/mol. The zero-order chi connectivity index (χ0) is 14.8. The quantitative estimate of drug-likeness (QED) is 0.869. The third-order valence-electron chi connectivity index (χ3n) is 4.26. The molecule has 2 N–H and O–H groups in total. The van der Waals surface area contributed by atoms with Gasteiger partial charge in [0.2, 0.25) is 0 Å². The molecule has 1 aliphatic rings. The van der Waals surface area contributed by atoms with Crippen LogP contribution in [0.15, 0.2) is 12.4 Å². The van der Waals surface area contributed by atoms with E-state index in [9.17, 15) is 9.90 Å². The van der Waals surface area contributed by atoms with Crippen molar-refractivity contribution in [3.05, 3.63) is 18.2 Å². The monoisotopic (exact) mass is 279 g/mol. The molecule has 5 heteroatoms. The highest BCUT2D eigenvalue weighted by Gasteiger charge is 2.43. The topological polar surface area (TPSA) is 67.2 Å².